The summed E-state index contributed by atoms with van der Waals surface area (Å²) in [6.45, 7) is 6.17. The summed E-state index contributed by atoms with van der Waals surface area (Å²) >= 11 is 6.24. The summed E-state index contributed by atoms with van der Waals surface area (Å²) in [5, 5.41) is 11.1. The molecular weight excluding hydrogens is 256 g/mol. The smallest absolute Gasteiger partial charge is 0.105 e. The third-order valence-corrected chi connectivity index (χ3v) is 3.94. The Hall–Kier alpha value is -1.31. The Morgan fingerprint density at radius 2 is 1.63 bits per heavy atom. The van der Waals surface area contributed by atoms with Crippen LogP contribution in [-0.2, 0) is 6.42 Å². The van der Waals surface area contributed by atoms with Gasteiger partial charge in [-0.25, -0.2) is 0 Å². The van der Waals surface area contributed by atoms with Crippen LogP contribution in [0.3, 0.4) is 0 Å². The van der Waals surface area contributed by atoms with E-state index < -0.39 is 6.10 Å². The van der Waals surface area contributed by atoms with Crippen LogP contribution < -0.4 is 0 Å². The van der Waals surface area contributed by atoms with Crippen molar-refractivity contribution in [3.63, 3.8) is 0 Å². The zero-order valence-electron chi connectivity index (χ0n) is 11.6. The summed E-state index contributed by atoms with van der Waals surface area (Å²) in [7, 11) is 0. The van der Waals surface area contributed by atoms with Crippen molar-refractivity contribution in [2.45, 2.75) is 33.3 Å². The van der Waals surface area contributed by atoms with Gasteiger partial charge < -0.3 is 5.11 Å². The summed E-state index contributed by atoms with van der Waals surface area (Å²) in [6.07, 6.45) is 0.332. The molecule has 100 valence electrons. The molecule has 0 aliphatic carbocycles. The maximum Gasteiger partial charge on any atom is 0.105 e. The normalized spacial score (nSPS) is 12.5. The molecule has 0 saturated heterocycles. The molecule has 1 N–H and O–H groups in total. The first-order valence-corrected chi connectivity index (χ1v) is 6.94. The van der Waals surface area contributed by atoms with E-state index in [1.54, 1.807) is 0 Å². The molecule has 2 heteroatoms. The maximum absolute atomic E-state index is 10.5. The number of halogens is 1. The van der Waals surface area contributed by atoms with Gasteiger partial charge in [-0.15, -0.1) is 0 Å². The minimum Gasteiger partial charge on any atom is -0.384 e. The molecule has 0 saturated carbocycles. The monoisotopic (exact) mass is 274 g/mol. The predicted molar refractivity (Wildman–Crippen MR) is 80.8 cm³/mol. The van der Waals surface area contributed by atoms with Crippen LogP contribution in [0.2, 0.25) is 5.02 Å². The number of hydrogen-bond acceptors (Lipinski definition) is 1. The average molecular weight is 275 g/mol. The Morgan fingerprint density at radius 1 is 1.05 bits per heavy atom. The first-order chi connectivity index (χ1) is 9.02. The molecule has 0 heterocycles. The van der Waals surface area contributed by atoms with Gasteiger partial charge in [0.2, 0.25) is 0 Å². The molecule has 0 aliphatic heterocycles. The van der Waals surface area contributed by atoms with Crippen LogP contribution in [0.25, 0.3) is 0 Å². The SMILES string of the molecule is CCc1ccc(C(O)c2cc(C)c(C)cc2Cl)cc1. The van der Waals surface area contributed by atoms with Gasteiger partial charge in [-0.1, -0.05) is 48.9 Å². The minimum absolute atomic E-state index is 0.621. The lowest BCUT2D eigenvalue weighted by Gasteiger charge is -2.15. The number of rotatable bonds is 3. The second kappa shape index (κ2) is 5.77. The topological polar surface area (TPSA) is 20.2 Å². The van der Waals surface area contributed by atoms with Gasteiger partial charge in [-0.05, 0) is 48.6 Å². The molecule has 2 rings (SSSR count). The van der Waals surface area contributed by atoms with E-state index in [0.717, 1.165) is 28.7 Å². The van der Waals surface area contributed by atoms with Gasteiger partial charge in [0, 0.05) is 10.6 Å². The van der Waals surface area contributed by atoms with E-state index in [9.17, 15) is 5.11 Å². The van der Waals surface area contributed by atoms with Gasteiger partial charge in [0.1, 0.15) is 6.10 Å². The molecule has 1 unspecified atom stereocenters. The summed E-state index contributed by atoms with van der Waals surface area (Å²) in [4.78, 5) is 0. The van der Waals surface area contributed by atoms with Gasteiger partial charge >= 0.3 is 0 Å². The fourth-order valence-electron chi connectivity index (χ4n) is 2.13. The quantitative estimate of drug-likeness (QED) is 0.867. The van der Waals surface area contributed by atoms with Crippen molar-refractivity contribution in [2.75, 3.05) is 0 Å². The molecule has 2 aromatic rings. The molecule has 1 nitrogen and oxygen atoms in total. The predicted octanol–water partition coefficient (Wildman–Crippen LogP) is 4.60. The molecule has 0 radical (unpaired) electrons. The van der Waals surface area contributed by atoms with Gasteiger partial charge in [0.25, 0.3) is 0 Å². The highest BCUT2D eigenvalue weighted by molar-refractivity contribution is 6.31. The lowest BCUT2D eigenvalue weighted by atomic mass is 9.97. The van der Waals surface area contributed by atoms with Crippen LogP contribution >= 0.6 is 11.6 Å². The van der Waals surface area contributed by atoms with Crippen molar-refractivity contribution < 1.29 is 5.11 Å². The highest BCUT2D eigenvalue weighted by Gasteiger charge is 2.15. The van der Waals surface area contributed by atoms with E-state index in [1.165, 1.54) is 5.56 Å². The summed E-state index contributed by atoms with van der Waals surface area (Å²) in [6, 6.07) is 11.9. The standard InChI is InChI=1S/C17H19ClO/c1-4-13-5-7-14(8-6-13)17(19)15-9-11(2)12(3)10-16(15)18/h5-10,17,19H,4H2,1-3H3. The fourth-order valence-corrected chi connectivity index (χ4v) is 2.45. The van der Waals surface area contributed by atoms with Crippen molar-refractivity contribution in [1.29, 1.82) is 0 Å². The number of hydrogen-bond donors (Lipinski definition) is 1. The number of aliphatic hydroxyl groups is 1. The van der Waals surface area contributed by atoms with Crippen LogP contribution in [-0.4, -0.2) is 5.11 Å². The van der Waals surface area contributed by atoms with E-state index >= 15 is 0 Å². The molecule has 2 aromatic carbocycles. The van der Waals surface area contributed by atoms with Crippen molar-refractivity contribution in [2.24, 2.45) is 0 Å². The maximum atomic E-state index is 10.5. The van der Waals surface area contributed by atoms with Crippen molar-refractivity contribution in [1.82, 2.24) is 0 Å². The van der Waals surface area contributed by atoms with Crippen molar-refractivity contribution >= 4 is 11.6 Å². The number of benzene rings is 2. The van der Waals surface area contributed by atoms with Crippen LogP contribution in [0.15, 0.2) is 36.4 Å². The summed E-state index contributed by atoms with van der Waals surface area (Å²) in [5.74, 6) is 0. The fraction of sp³-hybridized carbons (Fsp3) is 0.294. The molecule has 0 fully saturated rings. The van der Waals surface area contributed by atoms with Gasteiger partial charge in [0.05, 0.1) is 0 Å². The van der Waals surface area contributed by atoms with E-state index in [-0.39, 0.29) is 0 Å². The first-order valence-electron chi connectivity index (χ1n) is 6.56. The van der Waals surface area contributed by atoms with Gasteiger partial charge in [-0.3, -0.25) is 0 Å². The zero-order valence-corrected chi connectivity index (χ0v) is 12.3. The lowest BCUT2D eigenvalue weighted by Crippen LogP contribution is -2.02. The number of aryl methyl sites for hydroxylation is 3. The van der Waals surface area contributed by atoms with Gasteiger partial charge in [-0.2, -0.15) is 0 Å². The van der Waals surface area contributed by atoms with Crippen molar-refractivity contribution in [3.05, 3.63) is 69.2 Å². The molecule has 19 heavy (non-hydrogen) atoms. The van der Waals surface area contributed by atoms with Crippen LogP contribution in [0.5, 0.6) is 0 Å². The largest absolute Gasteiger partial charge is 0.384 e. The first kappa shape index (κ1) is 14.1. The number of aliphatic hydroxyl groups excluding tert-OH is 1. The second-order valence-corrected chi connectivity index (χ2v) is 5.36. The Kier molecular flexibility index (Phi) is 4.28. The third-order valence-electron chi connectivity index (χ3n) is 3.61. The molecule has 0 aliphatic rings. The van der Waals surface area contributed by atoms with Crippen molar-refractivity contribution in [3.8, 4) is 0 Å². The average Bonchev–Trinajstić information content (AvgIpc) is 2.42. The summed E-state index contributed by atoms with van der Waals surface area (Å²) < 4.78 is 0. The summed E-state index contributed by atoms with van der Waals surface area (Å²) in [5.41, 5.74) is 5.20. The molecule has 0 bridgehead atoms. The lowest BCUT2D eigenvalue weighted by molar-refractivity contribution is 0.220. The van der Waals surface area contributed by atoms with Crippen LogP contribution in [0.4, 0.5) is 0 Å². The van der Waals surface area contributed by atoms with E-state index in [0.29, 0.717) is 5.02 Å². The van der Waals surface area contributed by atoms with E-state index in [4.69, 9.17) is 11.6 Å². The molecule has 1 atom stereocenters. The minimum atomic E-state index is -0.669. The molecule has 0 spiro atoms. The second-order valence-electron chi connectivity index (χ2n) is 4.96. The van der Waals surface area contributed by atoms with Gasteiger partial charge in [0.15, 0.2) is 0 Å². The van der Waals surface area contributed by atoms with Crippen LogP contribution in [0.1, 0.15) is 40.8 Å². The highest BCUT2D eigenvalue weighted by Crippen LogP contribution is 2.30. The highest BCUT2D eigenvalue weighted by atomic mass is 35.5. The Morgan fingerprint density at radius 3 is 2.21 bits per heavy atom. The van der Waals surface area contributed by atoms with Crippen LogP contribution in [0, 0.1) is 13.8 Å². The molecule has 0 aromatic heterocycles. The van der Waals surface area contributed by atoms with E-state index in [1.807, 2.05) is 50.2 Å². The third kappa shape index (κ3) is 2.99. The Bertz CT molecular complexity index is 573. The van der Waals surface area contributed by atoms with E-state index in [2.05, 4.69) is 6.92 Å². The zero-order chi connectivity index (χ0) is 14.0. The molecular formula is C17H19ClO. The Labute approximate surface area is 119 Å². The molecule has 0 amide bonds. The Balaban J connectivity index is 2.37.